The first kappa shape index (κ1) is 22.0. The van der Waals surface area contributed by atoms with Crippen LogP contribution in [0.3, 0.4) is 0 Å². The molecule has 1 fully saturated rings. The fourth-order valence-electron chi connectivity index (χ4n) is 3.26. The van der Waals surface area contributed by atoms with Crippen molar-refractivity contribution in [3.05, 3.63) is 18.0 Å². The van der Waals surface area contributed by atoms with Crippen molar-refractivity contribution in [1.29, 1.82) is 0 Å². The van der Waals surface area contributed by atoms with Gasteiger partial charge in [0.15, 0.2) is 0 Å². The molecule has 0 spiro atoms. The molecule has 9 heteroatoms. The number of aryl methyl sites for hydroxylation is 1. The van der Waals surface area contributed by atoms with Gasteiger partial charge in [-0.15, -0.1) is 12.4 Å². The molecule has 0 saturated heterocycles. The lowest BCUT2D eigenvalue weighted by atomic mass is 9.84. The smallest absolute Gasteiger partial charge is 0.269 e. The van der Waals surface area contributed by atoms with Gasteiger partial charge in [-0.1, -0.05) is 19.3 Å². The molecule has 0 aromatic carbocycles. The maximum Gasteiger partial charge on any atom is 0.269 e. The van der Waals surface area contributed by atoms with Crippen LogP contribution in [0.5, 0.6) is 0 Å². The molecule has 0 radical (unpaired) electrons. The quantitative estimate of drug-likeness (QED) is 0.763. The van der Waals surface area contributed by atoms with Gasteiger partial charge in [0, 0.05) is 39.9 Å². The Bertz CT molecular complexity index is 682. The summed E-state index contributed by atoms with van der Waals surface area (Å²) in [6.45, 7) is 0.278. The minimum absolute atomic E-state index is 0. The third-order valence-corrected chi connectivity index (χ3v) is 6.15. The summed E-state index contributed by atoms with van der Waals surface area (Å²) in [6.07, 6.45) is 6.92. The van der Waals surface area contributed by atoms with Gasteiger partial charge in [0.2, 0.25) is 10.0 Å². The molecule has 1 saturated carbocycles. The zero-order valence-corrected chi connectivity index (χ0v) is 16.7. The van der Waals surface area contributed by atoms with Crippen LogP contribution in [-0.4, -0.2) is 50.5 Å². The average molecular weight is 393 g/mol. The average Bonchev–Trinajstić information content (AvgIpc) is 2.95. The minimum Gasteiger partial charge on any atom is -0.345 e. The maximum atomic E-state index is 12.7. The van der Waals surface area contributed by atoms with Crippen LogP contribution in [0.2, 0.25) is 0 Å². The molecule has 1 heterocycles. The van der Waals surface area contributed by atoms with Gasteiger partial charge in [-0.2, -0.15) is 0 Å². The summed E-state index contributed by atoms with van der Waals surface area (Å²) >= 11 is 0. The van der Waals surface area contributed by atoms with E-state index < -0.39 is 10.0 Å². The first-order valence-electron chi connectivity index (χ1n) is 8.36. The Labute approximate surface area is 156 Å². The molecule has 1 aromatic heterocycles. The highest BCUT2D eigenvalue weighted by molar-refractivity contribution is 7.89. The number of rotatable bonds is 6. The number of aromatic nitrogens is 1. The Morgan fingerprint density at radius 2 is 1.96 bits per heavy atom. The predicted octanol–water partition coefficient (Wildman–Crippen LogP) is 1.33. The summed E-state index contributed by atoms with van der Waals surface area (Å²) in [5.41, 5.74) is 6.15. The molecule has 1 aliphatic rings. The third-order valence-electron chi connectivity index (χ3n) is 4.69. The highest BCUT2D eigenvalue weighted by Crippen LogP contribution is 2.27. The Balaban J connectivity index is 0.00000312. The van der Waals surface area contributed by atoms with Crippen LogP contribution in [0.15, 0.2) is 17.2 Å². The van der Waals surface area contributed by atoms with Crippen LogP contribution >= 0.6 is 12.4 Å². The molecular formula is C16H29ClN4O3S. The van der Waals surface area contributed by atoms with Gasteiger partial charge in [0.25, 0.3) is 5.91 Å². The largest absolute Gasteiger partial charge is 0.345 e. The highest BCUT2D eigenvalue weighted by Gasteiger charge is 2.29. The number of hydrogen-bond donors (Lipinski definition) is 2. The zero-order valence-electron chi connectivity index (χ0n) is 15.1. The summed E-state index contributed by atoms with van der Waals surface area (Å²) in [5, 5.41) is 0. The zero-order chi connectivity index (χ0) is 17.9. The van der Waals surface area contributed by atoms with E-state index in [-0.39, 0.29) is 41.7 Å². The van der Waals surface area contributed by atoms with Crippen LogP contribution in [-0.2, 0) is 17.1 Å². The molecule has 144 valence electrons. The number of nitrogens with one attached hydrogen (secondary N) is 1. The van der Waals surface area contributed by atoms with E-state index in [9.17, 15) is 13.2 Å². The normalized spacial score (nSPS) is 17.0. The number of nitrogens with zero attached hydrogens (tertiary/aromatic N) is 2. The van der Waals surface area contributed by atoms with Crippen LogP contribution in [0.4, 0.5) is 0 Å². The number of amides is 1. The van der Waals surface area contributed by atoms with Crippen molar-refractivity contribution in [3.8, 4) is 0 Å². The Morgan fingerprint density at radius 3 is 2.48 bits per heavy atom. The van der Waals surface area contributed by atoms with Crippen LogP contribution in [0.1, 0.15) is 42.6 Å². The van der Waals surface area contributed by atoms with Gasteiger partial charge in [0.05, 0.1) is 0 Å². The van der Waals surface area contributed by atoms with Gasteiger partial charge in [0.1, 0.15) is 10.6 Å². The van der Waals surface area contributed by atoms with E-state index in [1.54, 1.807) is 21.1 Å². The fourth-order valence-corrected chi connectivity index (χ4v) is 4.65. The lowest BCUT2D eigenvalue weighted by molar-refractivity contribution is 0.0818. The van der Waals surface area contributed by atoms with Crippen molar-refractivity contribution < 1.29 is 13.2 Å². The second-order valence-electron chi connectivity index (χ2n) is 6.73. The standard InChI is InChI=1S/C16H28N4O3S.ClH/c1-19(2)16(21)15-9-13(11-20(15)3)24(22,23)18-14(10-17)12-7-5-4-6-8-12;/h9,11-12,14,18H,4-8,10,17H2,1-3H3;1H. The summed E-state index contributed by atoms with van der Waals surface area (Å²) in [6, 6.07) is 1.16. The number of nitrogens with two attached hydrogens (primary N) is 1. The second kappa shape index (κ2) is 9.02. The predicted molar refractivity (Wildman–Crippen MR) is 100 cm³/mol. The summed E-state index contributed by atoms with van der Waals surface area (Å²) < 4.78 is 29.7. The SMILES string of the molecule is CN(C)C(=O)c1cc(S(=O)(=O)NC(CN)C2CCCCC2)cn1C.Cl. The molecule has 1 atom stereocenters. The first-order chi connectivity index (χ1) is 11.3. The number of sulfonamides is 1. The Hall–Kier alpha value is -1.09. The minimum atomic E-state index is -3.70. The molecule has 0 aliphatic heterocycles. The molecule has 7 nitrogen and oxygen atoms in total. The molecule has 1 aromatic rings. The lowest BCUT2D eigenvalue weighted by Crippen LogP contribution is -2.45. The Kier molecular flexibility index (Phi) is 7.92. The van der Waals surface area contributed by atoms with E-state index in [4.69, 9.17) is 5.73 Å². The van der Waals surface area contributed by atoms with Crippen LogP contribution in [0.25, 0.3) is 0 Å². The monoisotopic (exact) mass is 392 g/mol. The van der Waals surface area contributed by atoms with Gasteiger partial charge in [-0.3, -0.25) is 4.79 Å². The maximum absolute atomic E-state index is 12.7. The topological polar surface area (TPSA) is 97.4 Å². The fraction of sp³-hybridized carbons (Fsp3) is 0.688. The van der Waals surface area contributed by atoms with E-state index in [0.717, 1.165) is 25.7 Å². The third kappa shape index (κ3) is 5.20. The van der Waals surface area contributed by atoms with E-state index >= 15 is 0 Å². The molecule has 1 amide bonds. The van der Waals surface area contributed by atoms with Crippen molar-refractivity contribution in [1.82, 2.24) is 14.2 Å². The van der Waals surface area contributed by atoms with Gasteiger partial charge < -0.3 is 15.2 Å². The van der Waals surface area contributed by atoms with Gasteiger partial charge in [-0.25, -0.2) is 13.1 Å². The van der Waals surface area contributed by atoms with Crippen molar-refractivity contribution >= 4 is 28.3 Å². The van der Waals surface area contributed by atoms with E-state index in [2.05, 4.69) is 4.72 Å². The number of carbonyl (C=O) groups is 1. The molecule has 2 rings (SSSR count). The van der Waals surface area contributed by atoms with Crippen LogP contribution in [0, 0.1) is 5.92 Å². The lowest BCUT2D eigenvalue weighted by Gasteiger charge is -2.29. The number of halogens is 1. The molecule has 1 unspecified atom stereocenters. The first-order valence-corrected chi connectivity index (χ1v) is 9.85. The molecule has 1 aliphatic carbocycles. The van der Waals surface area contributed by atoms with E-state index in [0.29, 0.717) is 5.69 Å². The van der Waals surface area contributed by atoms with Crippen molar-refractivity contribution in [2.45, 2.75) is 43.0 Å². The molecular weight excluding hydrogens is 364 g/mol. The molecule has 25 heavy (non-hydrogen) atoms. The highest BCUT2D eigenvalue weighted by atomic mass is 35.5. The number of hydrogen-bond acceptors (Lipinski definition) is 4. The van der Waals surface area contributed by atoms with Gasteiger partial charge >= 0.3 is 0 Å². The molecule has 0 bridgehead atoms. The van der Waals surface area contributed by atoms with Crippen LogP contribution < -0.4 is 10.5 Å². The Morgan fingerprint density at radius 1 is 1.36 bits per heavy atom. The number of carbonyl (C=O) groups excluding carboxylic acids is 1. The second-order valence-corrected chi connectivity index (χ2v) is 8.45. The summed E-state index contributed by atoms with van der Waals surface area (Å²) in [7, 11) is 1.23. The van der Waals surface area contributed by atoms with Gasteiger partial charge in [-0.05, 0) is 24.8 Å². The van der Waals surface area contributed by atoms with Crippen molar-refractivity contribution in [3.63, 3.8) is 0 Å². The van der Waals surface area contributed by atoms with E-state index in [1.807, 2.05) is 0 Å². The molecule has 3 N–H and O–H groups in total. The summed E-state index contributed by atoms with van der Waals surface area (Å²) in [4.78, 5) is 13.6. The van der Waals surface area contributed by atoms with E-state index in [1.165, 1.54) is 28.2 Å². The van der Waals surface area contributed by atoms with Crippen molar-refractivity contribution in [2.75, 3.05) is 20.6 Å². The summed E-state index contributed by atoms with van der Waals surface area (Å²) in [5.74, 6) is 0.0479. The van der Waals surface area contributed by atoms with Crippen molar-refractivity contribution in [2.24, 2.45) is 18.7 Å².